The van der Waals surface area contributed by atoms with E-state index in [4.69, 9.17) is 14.0 Å². The van der Waals surface area contributed by atoms with Crippen molar-refractivity contribution in [3.8, 4) is 22.9 Å². The second-order valence-corrected chi connectivity index (χ2v) is 8.30. The highest BCUT2D eigenvalue weighted by molar-refractivity contribution is 5.94. The van der Waals surface area contributed by atoms with E-state index >= 15 is 0 Å². The van der Waals surface area contributed by atoms with Gasteiger partial charge in [-0.05, 0) is 48.7 Å². The zero-order valence-electron chi connectivity index (χ0n) is 18.2. The average Bonchev–Trinajstić information content (AvgIpc) is 3.53. The quantitative estimate of drug-likeness (QED) is 0.610. The first-order valence-electron chi connectivity index (χ1n) is 11.0. The zero-order valence-corrected chi connectivity index (χ0v) is 18.2. The van der Waals surface area contributed by atoms with Crippen molar-refractivity contribution in [2.75, 3.05) is 18.5 Å². The molecule has 5 rings (SSSR count). The van der Waals surface area contributed by atoms with E-state index < -0.39 is 0 Å². The van der Waals surface area contributed by atoms with Crippen LogP contribution < -0.4 is 10.1 Å². The lowest BCUT2D eigenvalue weighted by molar-refractivity contribution is -0.117. The summed E-state index contributed by atoms with van der Waals surface area (Å²) in [5.74, 6) is 1.71. The number of pyridine rings is 1. The molecule has 168 valence electrons. The average molecular weight is 445 g/mol. The minimum atomic E-state index is -0.206. The second kappa shape index (κ2) is 9.00. The molecule has 2 atom stereocenters. The maximum absolute atomic E-state index is 12.6. The molecule has 1 amide bonds. The summed E-state index contributed by atoms with van der Waals surface area (Å²) in [6, 6.07) is 11.4. The number of aromatic nitrogens is 3. The number of hydrogen-bond donors (Lipinski definition) is 1. The van der Waals surface area contributed by atoms with Gasteiger partial charge >= 0.3 is 0 Å². The summed E-state index contributed by atoms with van der Waals surface area (Å²) in [6.45, 7) is 3.10. The van der Waals surface area contributed by atoms with E-state index in [1.54, 1.807) is 25.3 Å². The Hall–Kier alpha value is -3.77. The van der Waals surface area contributed by atoms with Gasteiger partial charge in [0.1, 0.15) is 23.7 Å². The number of amides is 1. The molecule has 0 radical (unpaired) electrons. The monoisotopic (exact) mass is 445 g/mol. The van der Waals surface area contributed by atoms with Gasteiger partial charge in [-0.3, -0.25) is 4.79 Å². The highest BCUT2D eigenvalue weighted by atomic mass is 16.5. The van der Waals surface area contributed by atoms with Crippen LogP contribution in [0.5, 0.6) is 5.75 Å². The van der Waals surface area contributed by atoms with Crippen LogP contribution in [0.25, 0.3) is 11.1 Å². The molecule has 1 saturated heterocycles. The van der Waals surface area contributed by atoms with Crippen LogP contribution in [0, 0.1) is 24.2 Å². The normalized spacial score (nSPS) is 20.1. The second-order valence-electron chi connectivity index (χ2n) is 8.30. The van der Waals surface area contributed by atoms with Gasteiger partial charge in [-0.25, -0.2) is 4.98 Å². The number of rotatable bonds is 6. The van der Waals surface area contributed by atoms with Crippen LogP contribution >= 0.6 is 0 Å². The molecule has 2 unspecified atom stereocenters. The van der Waals surface area contributed by atoms with Crippen molar-refractivity contribution in [1.29, 1.82) is 5.26 Å². The van der Waals surface area contributed by atoms with Crippen molar-refractivity contribution in [2.45, 2.75) is 38.2 Å². The van der Waals surface area contributed by atoms with Gasteiger partial charge in [0.15, 0.2) is 5.82 Å². The van der Waals surface area contributed by atoms with E-state index in [-0.39, 0.29) is 23.8 Å². The number of nitrogens with zero attached hydrogens (tertiary/aromatic N) is 4. The SMILES string of the molecule is Cc1noc(C2CC2C(=O)Nc2cc(-c3ccc(OC4CCOCC4)c(C#N)c3)ccn2)n1. The van der Waals surface area contributed by atoms with Gasteiger partial charge in [-0.1, -0.05) is 11.2 Å². The summed E-state index contributed by atoms with van der Waals surface area (Å²) in [4.78, 5) is 21.1. The topological polar surface area (TPSA) is 123 Å². The Morgan fingerprint density at radius 3 is 2.79 bits per heavy atom. The molecule has 9 heteroatoms. The molecule has 0 spiro atoms. The Labute approximate surface area is 190 Å². The third-order valence-corrected chi connectivity index (χ3v) is 5.89. The first kappa shape index (κ1) is 21.1. The Morgan fingerprint density at radius 2 is 2.03 bits per heavy atom. The first-order chi connectivity index (χ1) is 16.1. The Kier molecular flexibility index (Phi) is 5.75. The number of benzene rings is 1. The van der Waals surface area contributed by atoms with Gasteiger partial charge in [-0.2, -0.15) is 10.2 Å². The molecular weight excluding hydrogens is 422 g/mol. The minimum Gasteiger partial charge on any atom is -0.489 e. The highest BCUT2D eigenvalue weighted by Gasteiger charge is 2.47. The Balaban J connectivity index is 1.27. The lowest BCUT2D eigenvalue weighted by Gasteiger charge is -2.23. The molecule has 2 aromatic heterocycles. The fourth-order valence-corrected chi connectivity index (χ4v) is 3.99. The summed E-state index contributed by atoms with van der Waals surface area (Å²) in [5, 5.41) is 16.3. The van der Waals surface area contributed by atoms with Gasteiger partial charge in [-0.15, -0.1) is 0 Å². The predicted molar refractivity (Wildman–Crippen MR) is 117 cm³/mol. The largest absolute Gasteiger partial charge is 0.489 e. The standard InChI is InChI=1S/C24H23N5O4/c1-14-27-24(33-29-14)20-12-19(20)23(30)28-22-11-16(4-7-26-22)15-2-3-21(17(10-15)13-25)32-18-5-8-31-9-6-18/h2-4,7,10-11,18-20H,5-6,8-9,12H2,1H3,(H,26,28,30). The fourth-order valence-electron chi connectivity index (χ4n) is 3.99. The molecule has 1 saturated carbocycles. The molecular formula is C24H23N5O4. The number of carbonyl (C=O) groups excluding carboxylic acids is 1. The Morgan fingerprint density at radius 1 is 1.21 bits per heavy atom. The zero-order chi connectivity index (χ0) is 22.8. The third kappa shape index (κ3) is 4.71. The number of nitrogens with one attached hydrogen (secondary N) is 1. The van der Waals surface area contributed by atoms with Crippen LogP contribution in [0.3, 0.4) is 0 Å². The molecule has 1 N–H and O–H groups in total. The maximum atomic E-state index is 12.6. The number of carbonyl (C=O) groups is 1. The van der Waals surface area contributed by atoms with Crippen LogP contribution in [0.2, 0.25) is 0 Å². The number of anilines is 1. The molecule has 3 aromatic rings. The van der Waals surface area contributed by atoms with E-state index in [1.165, 1.54) is 0 Å². The van der Waals surface area contributed by atoms with Crippen LogP contribution in [-0.4, -0.2) is 40.3 Å². The number of ether oxygens (including phenoxy) is 2. The Bertz CT molecular complexity index is 1210. The summed E-state index contributed by atoms with van der Waals surface area (Å²) in [6.07, 6.45) is 3.99. The number of hydrogen-bond acceptors (Lipinski definition) is 8. The van der Waals surface area contributed by atoms with E-state index in [2.05, 4.69) is 26.5 Å². The summed E-state index contributed by atoms with van der Waals surface area (Å²) >= 11 is 0. The van der Waals surface area contributed by atoms with Gasteiger partial charge < -0.3 is 19.3 Å². The van der Waals surface area contributed by atoms with Gasteiger partial charge in [0.05, 0.1) is 30.6 Å². The lowest BCUT2D eigenvalue weighted by atomic mass is 10.0. The predicted octanol–water partition coefficient (Wildman–Crippen LogP) is 3.61. The van der Waals surface area contributed by atoms with Crippen molar-refractivity contribution >= 4 is 11.7 Å². The van der Waals surface area contributed by atoms with Crippen molar-refractivity contribution in [2.24, 2.45) is 5.92 Å². The fraction of sp³-hybridized carbons (Fsp3) is 0.375. The van der Waals surface area contributed by atoms with E-state index in [9.17, 15) is 10.1 Å². The van der Waals surface area contributed by atoms with Crippen LogP contribution in [-0.2, 0) is 9.53 Å². The molecule has 33 heavy (non-hydrogen) atoms. The van der Waals surface area contributed by atoms with Gasteiger partial charge in [0.2, 0.25) is 11.8 Å². The maximum Gasteiger partial charge on any atom is 0.230 e. The molecule has 2 aliphatic rings. The van der Waals surface area contributed by atoms with Crippen molar-refractivity contribution in [3.63, 3.8) is 0 Å². The molecule has 3 heterocycles. The van der Waals surface area contributed by atoms with E-state index in [0.29, 0.717) is 48.5 Å². The molecule has 1 aromatic carbocycles. The van der Waals surface area contributed by atoms with Gasteiger partial charge in [0.25, 0.3) is 0 Å². The smallest absolute Gasteiger partial charge is 0.230 e. The van der Waals surface area contributed by atoms with Crippen LogP contribution in [0.4, 0.5) is 5.82 Å². The van der Waals surface area contributed by atoms with E-state index in [0.717, 1.165) is 24.0 Å². The summed E-state index contributed by atoms with van der Waals surface area (Å²) in [5.41, 5.74) is 2.15. The van der Waals surface area contributed by atoms with Crippen molar-refractivity contribution < 1.29 is 18.8 Å². The molecule has 9 nitrogen and oxygen atoms in total. The highest BCUT2D eigenvalue weighted by Crippen LogP contribution is 2.47. The van der Waals surface area contributed by atoms with Crippen molar-refractivity contribution in [3.05, 3.63) is 53.8 Å². The molecule has 0 bridgehead atoms. The van der Waals surface area contributed by atoms with E-state index in [1.807, 2.05) is 18.2 Å². The van der Waals surface area contributed by atoms with Crippen molar-refractivity contribution in [1.82, 2.24) is 15.1 Å². The molecule has 1 aliphatic carbocycles. The van der Waals surface area contributed by atoms with Gasteiger partial charge in [0, 0.05) is 19.0 Å². The van der Waals surface area contributed by atoms with Crippen LogP contribution in [0.1, 0.15) is 42.5 Å². The first-order valence-corrected chi connectivity index (χ1v) is 11.0. The van der Waals surface area contributed by atoms with Crippen LogP contribution in [0.15, 0.2) is 41.1 Å². The lowest BCUT2D eigenvalue weighted by Crippen LogP contribution is -2.26. The summed E-state index contributed by atoms with van der Waals surface area (Å²) in [7, 11) is 0. The summed E-state index contributed by atoms with van der Waals surface area (Å²) < 4.78 is 16.6. The molecule has 2 fully saturated rings. The molecule has 1 aliphatic heterocycles. The third-order valence-electron chi connectivity index (χ3n) is 5.89. The number of aryl methyl sites for hydroxylation is 1. The number of nitriles is 1. The minimum absolute atomic E-state index is 0.0455.